The van der Waals surface area contributed by atoms with Crippen molar-refractivity contribution in [3.05, 3.63) is 11.6 Å². The molecular weight excluding hydrogens is 464 g/mol. The molecule has 1 heterocycles. The second kappa shape index (κ2) is 8.88. The van der Waals surface area contributed by atoms with Crippen molar-refractivity contribution in [1.29, 1.82) is 0 Å². The minimum Gasteiger partial charge on any atom is -0.387 e. The van der Waals surface area contributed by atoms with Crippen molar-refractivity contribution >= 4 is 5.78 Å². The first-order valence-electron chi connectivity index (χ1n) is 14.8. The summed E-state index contributed by atoms with van der Waals surface area (Å²) in [6.45, 7) is 15.9. The van der Waals surface area contributed by atoms with Gasteiger partial charge in [-0.15, -0.1) is 0 Å². The highest BCUT2D eigenvalue weighted by Gasteiger charge is 2.66. The van der Waals surface area contributed by atoms with Crippen molar-refractivity contribution in [2.45, 2.75) is 124 Å². The van der Waals surface area contributed by atoms with Gasteiger partial charge in [0.2, 0.25) is 0 Å². The molecule has 5 aliphatic rings. The predicted octanol–water partition coefficient (Wildman–Crippen LogP) is 6.32. The lowest BCUT2D eigenvalue weighted by Crippen LogP contribution is -2.57. The van der Waals surface area contributed by atoms with E-state index in [0.29, 0.717) is 23.5 Å². The van der Waals surface area contributed by atoms with Gasteiger partial charge in [0.05, 0.1) is 11.7 Å². The fourth-order valence-corrected chi connectivity index (χ4v) is 10.3. The Hall–Kier alpha value is -0.750. The number of rotatable bonds is 5. The molecule has 5 heteroatoms. The molecule has 0 amide bonds. The van der Waals surface area contributed by atoms with E-state index >= 15 is 0 Å². The van der Waals surface area contributed by atoms with Gasteiger partial charge in [-0.05, 0) is 92.8 Å². The second-order valence-corrected chi connectivity index (χ2v) is 15.0. The number of Topliss-reactive ketones (excluding diaryl/α,β-unsaturated/α-hetero) is 1. The van der Waals surface area contributed by atoms with E-state index in [1.165, 1.54) is 25.7 Å². The zero-order valence-electron chi connectivity index (χ0n) is 24.9. The van der Waals surface area contributed by atoms with Crippen molar-refractivity contribution in [3.8, 4) is 0 Å². The van der Waals surface area contributed by atoms with E-state index in [9.17, 15) is 9.90 Å². The van der Waals surface area contributed by atoms with Crippen LogP contribution in [0, 0.1) is 45.3 Å². The zero-order valence-corrected chi connectivity index (χ0v) is 24.9. The molecule has 0 radical (unpaired) electrons. The average Bonchev–Trinajstić information content (AvgIpc) is 3.39. The number of hydrogen-bond acceptors (Lipinski definition) is 5. The minimum absolute atomic E-state index is 0.154. The summed E-state index contributed by atoms with van der Waals surface area (Å²) in [6, 6.07) is 0. The lowest BCUT2D eigenvalue weighted by Gasteiger charge is -2.63. The summed E-state index contributed by atoms with van der Waals surface area (Å²) in [7, 11) is 3.40. The van der Waals surface area contributed by atoms with Crippen molar-refractivity contribution in [1.82, 2.24) is 0 Å². The molecule has 5 nitrogen and oxygen atoms in total. The Bertz CT molecular complexity index is 953. The maximum absolute atomic E-state index is 12.9. The van der Waals surface area contributed by atoms with Gasteiger partial charge in [-0.3, -0.25) is 4.79 Å². The third kappa shape index (κ3) is 3.73. The number of aliphatic hydroxyl groups is 1. The SMILES string of the molecule is CO[C@@H]1O[C@@H](C(O)C(C)(C)OC)CC1[C@@H]1CC[C@]2(C)C3=CCC4C(C)(C)C(=O)CC[C@]4(C)[C@H]3CC[C@@]12C. The van der Waals surface area contributed by atoms with E-state index in [4.69, 9.17) is 14.2 Å². The number of aliphatic hydroxyl groups excluding tert-OH is 1. The van der Waals surface area contributed by atoms with Crippen LogP contribution < -0.4 is 0 Å². The van der Waals surface area contributed by atoms with Crippen LogP contribution in [0.2, 0.25) is 0 Å². The van der Waals surface area contributed by atoms with Gasteiger partial charge in [0.1, 0.15) is 11.9 Å². The first-order chi connectivity index (χ1) is 17.2. The maximum atomic E-state index is 12.9. The number of carbonyl (C=O) groups is 1. The maximum Gasteiger partial charge on any atom is 0.160 e. The molecule has 0 aromatic rings. The fraction of sp³-hybridized carbons (Fsp3) is 0.906. The molecule has 3 unspecified atom stereocenters. The summed E-state index contributed by atoms with van der Waals surface area (Å²) in [6.07, 6.45) is 9.70. The van der Waals surface area contributed by atoms with Gasteiger partial charge < -0.3 is 19.3 Å². The van der Waals surface area contributed by atoms with Gasteiger partial charge in [0.15, 0.2) is 6.29 Å². The van der Waals surface area contributed by atoms with Gasteiger partial charge >= 0.3 is 0 Å². The van der Waals surface area contributed by atoms with Crippen LogP contribution >= 0.6 is 0 Å². The Kier molecular flexibility index (Phi) is 6.67. The second-order valence-electron chi connectivity index (χ2n) is 15.0. The zero-order chi connectivity index (χ0) is 27.2. The Morgan fingerprint density at radius 2 is 1.78 bits per heavy atom. The Balaban J connectivity index is 1.44. The minimum atomic E-state index is -0.702. The Morgan fingerprint density at radius 1 is 1.08 bits per heavy atom. The molecule has 37 heavy (non-hydrogen) atoms. The van der Waals surface area contributed by atoms with Crippen LogP contribution in [0.5, 0.6) is 0 Å². The Morgan fingerprint density at radius 3 is 2.43 bits per heavy atom. The Labute approximate surface area is 225 Å². The summed E-state index contributed by atoms with van der Waals surface area (Å²) in [5.74, 6) is 2.22. The van der Waals surface area contributed by atoms with Gasteiger partial charge in [0, 0.05) is 32.0 Å². The first-order valence-corrected chi connectivity index (χ1v) is 14.8. The molecule has 10 atom stereocenters. The van der Waals surface area contributed by atoms with Crippen LogP contribution in [0.25, 0.3) is 0 Å². The highest BCUT2D eigenvalue weighted by atomic mass is 16.7. The standard InChI is InChI=1S/C32H52O5/c1-28(2)24-11-10-22-21(30(24,5)15-14-25(28)33)13-17-31(6)20(12-16-32(22,31)7)19-18-23(37-27(19)35-8)26(34)29(3,4)36-9/h10,19-21,23-24,26-27,34H,11-18H2,1-9H3/t19?,20-,21-,23+,24?,26?,27+,30+,31-,32+/m0/s1. The molecule has 210 valence electrons. The molecule has 1 aliphatic heterocycles. The molecule has 0 aromatic carbocycles. The van der Waals surface area contributed by atoms with E-state index in [1.807, 2.05) is 13.8 Å². The summed E-state index contributed by atoms with van der Waals surface area (Å²) in [5.41, 5.74) is 1.32. The normalized spacial score (nSPS) is 48.2. The third-order valence-corrected chi connectivity index (χ3v) is 13.1. The summed E-state index contributed by atoms with van der Waals surface area (Å²) in [5, 5.41) is 11.1. The van der Waals surface area contributed by atoms with Gasteiger partial charge in [-0.2, -0.15) is 0 Å². The largest absolute Gasteiger partial charge is 0.387 e. The summed E-state index contributed by atoms with van der Waals surface area (Å²) in [4.78, 5) is 12.9. The predicted molar refractivity (Wildman–Crippen MR) is 145 cm³/mol. The topological polar surface area (TPSA) is 65.0 Å². The molecular formula is C32H52O5. The number of fused-ring (bicyclic) bond motifs is 5. The first kappa shape index (κ1) is 27.8. The molecule has 1 saturated heterocycles. The monoisotopic (exact) mass is 516 g/mol. The fourth-order valence-electron chi connectivity index (χ4n) is 10.3. The van der Waals surface area contributed by atoms with Crippen LogP contribution in [0.1, 0.15) is 99.8 Å². The molecule has 5 rings (SSSR count). The van der Waals surface area contributed by atoms with Gasteiger partial charge in [-0.25, -0.2) is 0 Å². The van der Waals surface area contributed by atoms with E-state index < -0.39 is 11.7 Å². The van der Waals surface area contributed by atoms with Crippen LogP contribution in [-0.4, -0.2) is 49.2 Å². The summed E-state index contributed by atoms with van der Waals surface area (Å²) < 4.78 is 17.9. The van der Waals surface area contributed by atoms with E-state index in [0.717, 1.165) is 25.7 Å². The van der Waals surface area contributed by atoms with Gasteiger partial charge in [0.25, 0.3) is 0 Å². The number of ether oxygens (including phenoxy) is 3. The number of methoxy groups -OCH3 is 2. The average molecular weight is 517 g/mol. The van der Waals surface area contributed by atoms with Gasteiger partial charge in [-0.1, -0.05) is 46.3 Å². The van der Waals surface area contributed by atoms with E-state index in [1.54, 1.807) is 19.8 Å². The van der Waals surface area contributed by atoms with Crippen molar-refractivity contribution in [3.63, 3.8) is 0 Å². The number of carbonyl (C=O) groups excluding carboxylic acids is 1. The molecule has 1 N–H and O–H groups in total. The molecule has 4 aliphatic carbocycles. The van der Waals surface area contributed by atoms with E-state index in [2.05, 4.69) is 40.7 Å². The lowest BCUT2D eigenvalue weighted by atomic mass is 9.41. The molecule has 0 spiro atoms. The number of allylic oxidation sites excluding steroid dienone is 2. The third-order valence-electron chi connectivity index (χ3n) is 13.1. The van der Waals surface area contributed by atoms with E-state index in [-0.39, 0.29) is 40.0 Å². The van der Waals surface area contributed by atoms with Crippen LogP contribution in [0.15, 0.2) is 11.6 Å². The smallest absolute Gasteiger partial charge is 0.160 e. The quantitative estimate of drug-likeness (QED) is 0.433. The number of ketones is 1. The lowest BCUT2D eigenvalue weighted by molar-refractivity contribution is -0.189. The van der Waals surface area contributed by atoms with Crippen LogP contribution in [0.3, 0.4) is 0 Å². The molecule has 0 bridgehead atoms. The molecule has 3 saturated carbocycles. The number of hydrogen-bond donors (Lipinski definition) is 1. The molecule has 4 fully saturated rings. The van der Waals surface area contributed by atoms with Crippen molar-refractivity contribution in [2.24, 2.45) is 45.3 Å². The molecule has 0 aromatic heterocycles. The van der Waals surface area contributed by atoms with Crippen LogP contribution in [-0.2, 0) is 19.0 Å². The van der Waals surface area contributed by atoms with Crippen molar-refractivity contribution in [2.75, 3.05) is 14.2 Å². The highest BCUT2D eigenvalue weighted by molar-refractivity contribution is 5.85. The highest BCUT2D eigenvalue weighted by Crippen LogP contribution is 2.73. The van der Waals surface area contributed by atoms with Crippen LogP contribution in [0.4, 0.5) is 0 Å². The summed E-state index contributed by atoms with van der Waals surface area (Å²) >= 11 is 0. The van der Waals surface area contributed by atoms with Crippen molar-refractivity contribution < 1.29 is 24.1 Å².